The van der Waals surface area contributed by atoms with Gasteiger partial charge in [-0.2, -0.15) is 0 Å². The van der Waals surface area contributed by atoms with Crippen molar-refractivity contribution < 1.29 is 7.24 Å². The summed E-state index contributed by atoms with van der Waals surface area (Å²) in [6, 6.07) is 6.71. The second kappa shape index (κ2) is 5.10. The molecule has 0 aliphatic carbocycles. The van der Waals surface area contributed by atoms with Crippen LogP contribution in [0.3, 0.4) is 0 Å². The first-order valence-corrected chi connectivity index (χ1v) is 3.76. The van der Waals surface area contributed by atoms with Crippen LogP contribution < -0.4 is 0 Å². The molecule has 0 amide bonds. The van der Waals surface area contributed by atoms with Crippen LogP contribution in [0.5, 0.6) is 0 Å². The third-order valence-corrected chi connectivity index (χ3v) is 1.71. The molecule has 0 bridgehead atoms. The number of benzene rings is 1. The van der Waals surface area contributed by atoms with Crippen LogP contribution in [-0.2, 0) is 5.33 Å². The predicted octanol–water partition coefficient (Wildman–Crippen LogP) is 2.56. The first-order valence-electron chi connectivity index (χ1n) is 2.64. The molecule has 0 fully saturated rings. The molecule has 0 nitrogen and oxygen atoms in total. The molecule has 0 unspecified atom stereocenters. The molecule has 1 aromatic rings. The first kappa shape index (κ1) is 10.4. The summed E-state index contributed by atoms with van der Waals surface area (Å²) in [7, 11) is 0. The zero-order chi connectivity index (χ0) is 6.69. The molecule has 1 rings (SSSR count). The number of alkyl halides is 1. The van der Waals surface area contributed by atoms with Crippen molar-refractivity contribution in [2.75, 3.05) is 0 Å². The van der Waals surface area contributed by atoms with E-state index in [-0.39, 0.29) is 31.7 Å². The zero-order valence-electron chi connectivity index (χ0n) is 7.48. The van der Waals surface area contributed by atoms with Gasteiger partial charge in [-0.25, -0.2) is 4.39 Å². The fraction of sp³-hybridized carbons (Fsp3) is 0.143. The van der Waals surface area contributed by atoms with Crippen molar-refractivity contribution in [1.82, 2.24) is 0 Å². The third-order valence-electron chi connectivity index (χ3n) is 1.10. The Morgan fingerprint density at radius 3 is 2.40 bits per heavy atom. The van der Waals surface area contributed by atoms with E-state index in [2.05, 4.69) is 15.9 Å². The molecule has 52 valence electrons. The minimum Gasteiger partial charge on any atom is -1.00 e. The summed E-state index contributed by atoms with van der Waals surface area (Å²) < 4.78 is 12.6. The molecule has 0 aliphatic heterocycles. The smallest absolute Gasteiger partial charge is 1.00 e. The van der Waals surface area contributed by atoms with Gasteiger partial charge in [0.25, 0.3) is 0 Å². The van der Waals surface area contributed by atoms with Crippen molar-refractivity contribution in [3.8, 4) is 0 Å². The molecule has 10 heavy (non-hydrogen) atoms. The number of hydrogen-bond acceptors (Lipinski definition) is 0. The predicted molar refractivity (Wildman–Crippen MR) is 47.0 cm³/mol. The molecule has 0 spiro atoms. The monoisotopic (exact) mass is 214 g/mol. The molecule has 0 radical (unpaired) electrons. The van der Waals surface area contributed by atoms with Gasteiger partial charge in [-0.1, -0.05) is 34.1 Å². The van der Waals surface area contributed by atoms with Crippen molar-refractivity contribution in [2.24, 2.45) is 0 Å². The number of hydrogen-bond donors (Lipinski definition) is 0. The Bertz CT molecular complexity index is 210. The molecule has 0 saturated carbocycles. The quantitative estimate of drug-likeness (QED) is 0.499. The number of rotatable bonds is 1. The van der Waals surface area contributed by atoms with Crippen LogP contribution in [0.4, 0.5) is 4.39 Å². The second-order valence-corrected chi connectivity index (χ2v) is 2.29. The fourth-order valence-corrected chi connectivity index (χ4v) is 1.06. The van der Waals surface area contributed by atoms with Crippen LogP contribution in [-0.4, -0.2) is 23.1 Å². The van der Waals surface area contributed by atoms with Gasteiger partial charge in [0.05, 0.1) is 0 Å². The van der Waals surface area contributed by atoms with Crippen LogP contribution in [0.2, 0.25) is 0 Å². The summed E-state index contributed by atoms with van der Waals surface area (Å²) in [6.07, 6.45) is 0. The number of halogens is 2. The van der Waals surface area contributed by atoms with Crippen molar-refractivity contribution in [2.45, 2.75) is 5.33 Å². The van der Waals surface area contributed by atoms with E-state index < -0.39 is 0 Å². The van der Waals surface area contributed by atoms with E-state index in [1.54, 1.807) is 12.1 Å². The van der Waals surface area contributed by atoms with Crippen molar-refractivity contribution in [1.29, 1.82) is 0 Å². The average molecular weight is 215 g/mol. The normalized spacial score (nSPS) is 8.60. The van der Waals surface area contributed by atoms with Gasteiger partial charge in [0.2, 0.25) is 0 Å². The average Bonchev–Trinajstić information content (AvgIpc) is 1.89. The minimum absolute atomic E-state index is 0. The van der Waals surface area contributed by atoms with Crippen LogP contribution in [0, 0.1) is 5.82 Å². The van der Waals surface area contributed by atoms with Gasteiger partial charge in [0.1, 0.15) is 5.82 Å². The Morgan fingerprint density at radius 2 is 2.00 bits per heavy atom. The van der Waals surface area contributed by atoms with Crippen molar-refractivity contribution >= 4 is 39.0 Å². The van der Waals surface area contributed by atoms with Crippen LogP contribution >= 0.6 is 15.9 Å². The third kappa shape index (κ3) is 2.56. The molecule has 3 heteroatoms. The minimum atomic E-state index is -0.144. The summed E-state index contributed by atoms with van der Waals surface area (Å²) in [6.45, 7) is 0. The van der Waals surface area contributed by atoms with Gasteiger partial charge < -0.3 is 2.85 Å². The topological polar surface area (TPSA) is 0 Å². The molecule has 0 heterocycles. The molecule has 0 atom stereocenters. The van der Waals surface area contributed by atoms with Crippen molar-refractivity contribution in [3.63, 3.8) is 0 Å². The van der Waals surface area contributed by atoms with Gasteiger partial charge in [-0.05, 0) is 11.6 Å². The molecule has 0 saturated heterocycles. The molecule has 0 aromatic heterocycles. The van der Waals surface area contributed by atoms with Gasteiger partial charge in [-0.3, -0.25) is 0 Å². The standard InChI is InChI=1S/C7H6BrF.Mg.2H/c8-5-6-3-1-2-4-7(6)9;;;/h1-4H,5H2;;;/q;+2;2*-1. The Hall–Kier alpha value is 0.396. The van der Waals surface area contributed by atoms with E-state index in [4.69, 9.17) is 0 Å². The van der Waals surface area contributed by atoms with E-state index in [0.717, 1.165) is 0 Å². The van der Waals surface area contributed by atoms with E-state index in [1.807, 2.05) is 6.07 Å². The molecule has 1 aromatic carbocycles. The first-order chi connectivity index (χ1) is 4.34. The fourth-order valence-electron chi connectivity index (χ4n) is 0.607. The van der Waals surface area contributed by atoms with Gasteiger partial charge in [-0.15, -0.1) is 0 Å². The Morgan fingerprint density at radius 1 is 1.40 bits per heavy atom. The maximum Gasteiger partial charge on any atom is 2.00 e. The molecule has 0 N–H and O–H groups in total. The molecular formula is C7H8BrFMg. The Labute approximate surface area is 87.1 Å². The summed E-state index contributed by atoms with van der Waals surface area (Å²) >= 11 is 3.17. The van der Waals surface area contributed by atoms with E-state index in [9.17, 15) is 4.39 Å². The SMILES string of the molecule is Fc1ccccc1CBr.[H-].[H-].[Mg+2]. The van der Waals surface area contributed by atoms with E-state index >= 15 is 0 Å². The van der Waals surface area contributed by atoms with Gasteiger partial charge in [0.15, 0.2) is 0 Å². The summed E-state index contributed by atoms with van der Waals surface area (Å²) in [5, 5.41) is 0.583. The van der Waals surface area contributed by atoms with Crippen LogP contribution in [0.1, 0.15) is 8.42 Å². The largest absolute Gasteiger partial charge is 2.00 e. The van der Waals surface area contributed by atoms with Gasteiger partial charge >= 0.3 is 23.1 Å². The van der Waals surface area contributed by atoms with Gasteiger partial charge in [0, 0.05) is 5.33 Å². The van der Waals surface area contributed by atoms with E-state index in [0.29, 0.717) is 10.9 Å². The summed E-state index contributed by atoms with van der Waals surface area (Å²) in [5.41, 5.74) is 0.706. The zero-order valence-corrected chi connectivity index (χ0v) is 8.48. The molecular weight excluding hydrogens is 207 g/mol. The Kier molecular flexibility index (Phi) is 5.30. The summed E-state index contributed by atoms with van der Waals surface area (Å²) in [5.74, 6) is -0.144. The van der Waals surface area contributed by atoms with E-state index in [1.165, 1.54) is 6.07 Å². The second-order valence-electron chi connectivity index (χ2n) is 1.73. The summed E-state index contributed by atoms with van der Waals surface area (Å²) in [4.78, 5) is 0. The molecule has 0 aliphatic rings. The maximum absolute atomic E-state index is 12.6. The van der Waals surface area contributed by atoms with Crippen molar-refractivity contribution in [3.05, 3.63) is 35.6 Å². The van der Waals surface area contributed by atoms with Crippen LogP contribution in [0.25, 0.3) is 0 Å². The maximum atomic E-state index is 12.6. The Balaban J connectivity index is -0.000000270. The van der Waals surface area contributed by atoms with Crippen LogP contribution in [0.15, 0.2) is 24.3 Å².